The molecule has 0 aliphatic heterocycles. The van der Waals surface area contributed by atoms with Crippen LogP contribution < -0.4 is 5.73 Å². The number of imidazole rings is 1. The second-order valence-electron chi connectivity index (χ2n) is 5.72. The van der Waals surface area contributed by atoms with Crippen molar-refractivity contribution < 1.29 is 0 Å². The van der Waals surface area contributed by atoms with Crippen LogP contribution >= 0.6 is 0 Å². The minimum absolute atomic E-state index is 0.272. The maximum absolute atomic E-state index is 6.63. The lowest BCUT2D eigenvalue weighted by Crippen LogP contribution is -2.43. The Hall–Kier alpha value is -1.42. The van der Waals surface area contributed by atoms with Crippen molar-refractivity contribution in [2.24, 2.45) is 18.7 Å². The summed E-state index contributed by atoms with van der Waals surface area (Å²) in [5, 5.41) is 0. The Morgan fingerprint density at radius 1 is 1.50 bits per heavy atom. The lowest BCUT2D eigenvalue weighted by Gasteiger charge is -2.36. The number of rotatable bonds is 1. The highest BCUT2D eigenvalue weighted by molar-refractivity contribution is 5.74. The number of fused-ring (bicyclic) bond motifs is 1. The molecule has 4 nitrogen and oxygen atoms in total. The Balaban J connectivity index is 2.10. The molecule has 2 unspecified atom stereocenters. The van der Waals surface area contributed by atoms with Gasteiger partial charge in [0.25, 0.3) is 0 Å². The number of hydrogen-bond acceptors (Lipinski definition) is 3. The van der Waals surface area contributed by atoms with Gasteiger partial charge < -0.3 is 10.3 Å². The van der Waals surface area contributed by atoms with E-state index in [2.05, 4.69) is 16.5 Å². The number of pyridine rings is 1. The Bertz CT molecular complexity index is 574. The van der Waals surface area contributed by atoms with Gasteiger partial charge in [0.2, 0.25) is 0 Å². The third-order valence-electron chi connectivity index (χ3n) is 4.16. The molecule has 0 bridgehead atoms. The number of nitrogens with two attached hydrogens (primary N) is 1. The summed E-state index contributed by atoms with van der Waals surface area (Å²) in [5.74, 6) is 1.69. The number of hydrogen-bond donors (Lipinski definition) is 1. The number of aryl methyl sites for hydroxylation is 1. The van der Waals surface area contributed by atoms with E-state index in [1.54, 1.807) is 6.20 Å². The second-order valence-corrected chi connectivity index (χ2v) is 5.72. The minimum atomic E-state index is -0.272. The molecular formula is C14H20N4. The summed E-state index contributed by atoms with van der Waals surface area (Å²) >= 11 is 0. The van der Waals surface area contributed by atoms with Crippen molar-refractivity contribution in [1.82, 2.24) is 14.5 Å². The molecule has 2 heterocycles. The van der Waals surface area contributed by atoms with Gasteiger partial charge in [-0.2, -0.15) is 0 Å². The zero-order chi connectivity index (χ0) is 12.8. The average molecular weight is 244 g/mol. The van der Waals surface area contributed by atoms with Gasteiger partial charge in [0, 0.05) is 13.2 Å². The zero-order valence-corrected chi connectivity index (χ0v) is 11.1. The molecule has 2 aromatic rings. The van der Waals surface area contributed by atoms with Crippen LogP contribution in [0.3, 0.4) is 0 Å². The molecule has 0 aromatic carbocycles. The summed E-state index contributed by atoms with van der Waals surface area (Å²) in [6, 6.07) is 1.95. The fourth-order valence-corrected chi connectivity index (χ4v) is 3.28. The summed E-state index contributed by atoms with van der Waals surface area (Å²) in [6.07, 6.45) is 8.18. The van der Waals surface area contributed by atoms with Gasteiger partial charge in [-0.15, -0.1) is 0 Å². The van der Waals surface area contributed by atoms with E-state index in [0.29, 0.717) is 5.92 Å². The van der Waals surface area contributed by atoms with Crippen molar-refractivity contribution in [2.75, 3.05) is 0 Å². The molecule has 1 aliphatic rings. The highest BCUT2D eigenvalue weighted by Gasteiger charge is 2.36. The van der Waals surface area contributed by atoms with Crippen LogP contribution in [-0.4, -0.2) is 14.5 Å². The predicted octanol–water partition coefficient (Wildman–Crippen LogP) is 2.33. The molecule has 1 saturated carbocycles. The zero-order valence-electron chi connectivity index (χ0n) is 11.1. The maximum atomic E-state index is 6.63. The number of nitrogens with zero attached hydrogens (tertiary/aromatic N) is 3. The molecular weight excluding hydrogens is 224 g/mol. The summed E-state index contributed by atoms with van der Waals surface area (Å²) in [7, 11) is 2.04. The van der Waals surface area contributed by atoms with Crippen LogP contribution in [0.1, 0.15) is 38.4 Å². The lowest BCUT2D eigenvalue weighted by molar-refractivity contribution is 0.225. The van der Waals surface area contributed by atoms with Gasteiger partial charge in [-0.25, -0.2) is 4.98 Å². The first-order valence-corrected chi connectivity index (χ1v) is 6.66. The average Bonchev–Trinajstić information content (AvgIpc) is 2.68. The van der Waals surface area contributed by atoms with Gasteiger partial charge in [0.1, 0.15) is 5.82 Å². The molecule has 2 aromatic heterocycles. The Morgan fingerprint density at radius 3 is 3.06 bits per heavy atom. The summed E-state index contributed by atoms with van der Waals surface area (Å²) in [6.45, 7) is 2.28. The van der Waals surface area contributed by atoms with Gasteiger partial charge in [0.05, 0.1) is 22.8 Å². The van der Waals surface area contributed by atoms with E-state index in [1.807, 2.05) is 19.3 Å². The molecule has 96 valence electrons. The standard InChI is InChI=1S/C14H20N4/c1-10-4-3-6-14(15,8-10)13-17-11-5-7-16-9-12(11)18(13)2/h5,7,9-10H,3-4,6,8,15H2,1-2H3. The van der Waals surface area contributed by atoms with Gasteiger partial charge in [0.15, 0.2) is 0 Å². The Morgan fingerprint density at radius 2 is 2.33 bits per heavy atom. The fraction of sp³-hybridized carbons (Fsp3) is 0.571. The first-order chi connectivity index (χ1) is 8.60. The fourth-order valence-electron chi connectivity index (χ4n) is 3.28. The van der Waals surface area contributed by atoms with Gasteiger partial charge >= 0.3 is 0 Å². The van der Waals surface area contributed by atoms with Crippen LogP contribution in [0.5, 0.6) is 0 Å². The summed E-state index contributed by atoms with van der Waals surface area (Å²) in [5.41, 5.74) is 8.42. The summed E-state index contributed by atoms with van der Waals surface area (Å²) < 4.78 is 2.11. The highest BCUT2D eigenvalue weighted by Crippen LogP contribution is 2.37. The highest BCUT2D eigenvalue weighted by atomic mass is 15.1. The van der Waals surface area contributed by atoms with Crippen LogP contribution in [0.2, 0.25) is 0 Å². The van der Waals surface area contributed by atoms with Gasteiger partial charge in [-0.1, -0.05) is 19.8 Å². The monoisotopic (exact) mass is 244 g/mol. The van der Waals surface area contributed by atoms with Crippen molar-refractivity contribution in [3.05, 3.63) is 24.3 Å². The summed E-state index contributed by atoms with van der Waals surface area (Å²) in [4.78, 5) is 8.91. The lowest BCUT2D eigenvalue weighted by atomic mass is 9.76. The molecule has 0 spiro atoms. The maximum Gasteiger partial charge on any atom is 0.129 e. The molecule has 4 heteroatoms. The molecule has 1 aliphatic carbocycles. The molecule has 1 fully saturated rings. The van der Waals surface area contributed by atoms with E-state index >= 15 is 0 Å². The molecule has 18 heavy (non-hydrogen) atoms. The number of aromatic nitrogens is 3. The molecule has 2 N–H and O–H groups in total. The smallest absolute Gasteiger partial charge is 0.129 e. The van der Waals surface area contributed by atoms with Crippen LogP contribution in [0, 0.1) is 5.92 Å². The minimum Gasteiger partial charge on any atom is -0.328 e. The first-order valence-electron chi connectivity index (χ1n) is 6.66. The Kier molecular flexibility index (Phi) is 2.63. The largest absolute Gasteiger partial charge is 0.328 e. The van der Waals surface area contributed by atoms with Crippen LogP contribution in [0.15, 0.2) is 18.5 Å². The van der Waals surface area contributed by atoms with E-state index in [9.17, 15) is 0 Å². The van der Waals surface area contributed by atoms with Crippen molar-refractivity contribution in [1.29, 1.82) is 0 Å². The topological polar surface area (TPSA) is 56.7 Å². The molecule has 0 amide bonds. The normalized spacial score (nSPS) is 28.7. The van der Waals surface area contributed by atoms with Crippen molar-refractivity contribution in [3.63, 3.8) is 0 Å². The Labute approximate surface area is 107 Å². The van der Waals surface area contributed by atoms with E-state index in [-0.39, 0.29) is 5.54 Å². The SMILES string of the molecule is CC1CCCC(N)(c2nc3ccncc3n2C)C1. The van der Waals surface area contributed by atoms with Crippen LogP contribution in [0.4, 0.5) is 0 Å². The quantitative estimate of drug-likeness (QED) is 0.837. The van der Waals surface area contributed by atoms with Gasteiger partial charge in [-0.05, 0) is 24.8 Å². The molecule has 0 radical (unpaired) electrons. The van der Waals surface area contributed by atoms with E-state index in [4.69, 9.17) is 10.7 Å². The predicted molar refractivity (Wildman–Crippen MR) is 72.0 cm³/mol. The third-order valence-corrected chi connectivity index (χ3v) is 4.16. The van der Waals surface area contributed by atoms with Crippen molar-refractivity contribution in [3.8, 4) is 0 Å². The van der Waals surface area contributed by atoms with E-state index in [0.717, 1.165) is 29.7 Å². The second kappa shape index (κ2) is 4.05. The third kappa shape index (κ3) is 1.72. The van der Waals surface area contributed by atoms with Crippen LogP contribution in [0.25, 0.3) is 11.0 Å². The van der Waals surface area contributed by atoms with Crippen molar-refractivity contribution in [2.45, 2.75) is 38.1 Å². The van der Waals surface area contributed by atoms with E-state index < -0.39 is 0 Å². The molecule has 0 saturated heterocycles. The van der Waals surface area contributed by atoms with Crippen molar-refractivity contribution >= 4 is 11.0 Å². The molecule has 3 rings (SSSR count). The van der Waals surface area contributed by atoms with Crippen LogP contribution in [-0.2, 0) is 12.6 Å². The first kappa shape index (κ1) is 11.7. The van der Waals surface area contributed by atoms with E-state index in [1.165, 1.54) is 12.8 Å². The molecule has 2 atom stereocenters. The van der Waals surface area contributed by atoms with Gasteiger partial charge in [-0.3, -0.25) is 4.98 Å².